The van der Waals surface area contributed by atoms with Gasteiger partial charge in [-0.15, -0.1) is 11.3 Å². The number of aromatic nitrogens is 2. The Morgan fingerprint density at radius 2 is 2.12 bits per heavy atom. The molecule has 1 atom stereocenters. The highest BCUT2D eigenvalue weighted by Gasteiger charge is 2.29. The molecule has 0 aliphatic carbocycles. The largest absolute Gasteiger partial charge is 0.335 e. The van der Waals surface area contributed by atoms with Crippen molar-refractivity contribution in [1.29, 1.82) is 0 Å². The summed E-state index contributed by atoms with van der Waals surface area (Å²) in [7, 11) is 0. The average molecular weight is 376 g/mol. The Balaban J connectivity index is 1.95. The second-order valence-corrected chi connectivity index (χ2v) is 8.24. The summed E-state index contributed by atoms with van der Waals surface area (Å²) in [6.07, 6.45) is 9.16. The first kappa shape index (κ1) is 19.1. The molecule has 1 aliphatic heterocycles. The number of nitrogens with zero attached hydrogens (tertiary/aromatic N) is 3. The van der Waals surface area contributed by atoms with Gasteiger partial charge >= 0.3 is 0 Å². The molecule has 1 fully saturated rings. The fraction of sp³-hybridized carbons (Fsp3) is 0.650. The molecular formula is C20H29N3O2S. The monoisotopic (exact) mass is 375 g/mol. The fourth-order valence-electron chi connectivity index (χ4n) is 3.88. The summed E-state index contributed by atoms with van der Waals surface area (Å²) in [6, 6.07) is 0.319. The number of rotatable bonds is 6. The van der Waals surface area contributed by atoms with E-state index in [9.17, 15) is 9.59 Å². The van der Waals surface area contributed by atoms with Gasteiger partial charge in [0.15, 0.2) is 0 Å². The van der Waals surface area contributed by atoms with E-state index >= 15 is 0 Å². The van der Waals surface area contributed by atoms with Crippen molar-refractivity contribution in [2.75, 3.05) is 6.54 Å². The lowest BCUT2D eigenvalue weighted by Gasteiger charge is -2.35. The predicted molar refractivity (Wildman–Crippen MR) is 107 cm³/mol. The number of carbonyl (C=O) groups is 1. The van der Waals surface area contributed by atoms with Gasteiger partial charge in [-0.2, -0.15) is 0 Å². The SMILES string of the molecule is CCCCCn1cnc2sc(C(=O)N3CCCCC3CC)c(C)c2c1=O. The van der Waals surface area contributed by atoms with Crippen LogP contribution in [0.2, 0.25) is 0 Å². The summed E-state index contributed by atoms with van der Waals surface area (Å²) in [5.41, 5.74) is 0.794. The number of hydrogen-bond donors (Lipinski definition) is 0. The smallest absolute Gasteiger partial charge is 0.264 e. The first-order valence-electron chi connectivity index (χ1n) is 9.88. The number of hydrogen-bond acceptors (Lipinski definition) is 4. The molecule has 0 spiro atoms. The van der Waals surface area contributed by atoms with Crippen molar-refractivity contribution in [2.45, 2.75) is 78.3 Å². The van der Waals surface area contributed by atoms with Crippen molar-refractivity contribution in [1.82, 2.24) is 14.5 Å². The summed E-state index contributed by atoms with van der Waals surface area (Å²) in [5, 5.41) is 0.627. The van der Waals surface area contributed by atoms with Crippen LogP contribution in [0.4, 0.5) is 0 Å². The van der Waals surface area contributed by atoms with Crippen LogP contribution in [0.1, 0.15) is 74.0 Å². The molecule has 26 heavy (non-hydrogen) atoms. The summed E-state index contributed by atoms with van der Waals surface area (Å²) in [4.78, 5) is 33.9. The third kappa shape index (κ3) is 3.56. The highest BCUT2D eigenvalue weighted by molar-refractivity contribution is 7.20. The minimum Gasteiger partial charge on any atom is -0.335 e. The Morgan fingerprint density at radius 3 is 2.85 bits per heavy atom. The topological polar surface area (TPSA) is 55.2 Å². The maximum atomic E-state index is 13.2. The van der Waals surface area contributed by atoms with Gasteiger partial charge in [0, 0.05) is 19.1 Å². The molecule has 0 aromatic carbocycles. The zero-order valence-corrected chi connectivity index (χ0v) is 16.9. The van der Waals surface area contributed by atoms with Crippen LogP contribution < -0.4 is 5.56 Å². The number of carbonyl (C=O) groups excluding carboxylic acids is 1. The second kappa shape index (κ2) is 8.33. The molecule has 3 heterocycles. The molecule has 1 saturated heterocycles. The number of fused-ring (bicyclic) bond motifs is 1. The molecule has 2 aromatic heterocycles. The summed E-state index contributed by atoms with van der Waals surface area (Å²) in [5.74, 6) is 0.0778. The molecule has 5 nitrogen and oxygen atoms in total. The molecule has 0 saturated carbocycles. The maximum Gasteiger partial charge on any atom is 0.264 e. The molecule has 3 rings (SSSR count). The third-order valence-corrected chi connectivity index (χ3v) is 6.66. The predicted octanol–water partition coefficient (Wildman–Crippen LogP) is 4.36. The third-order valence-electron chi connectivity index (χ3n) is 5.47. The van der Waals surface area contributed by atoms with Crippen molar-refractivity contribution >= 4 is 27.5 Å². The van der Waals surface area contributed by atoms with E-state index < -0.39 is 0 Å². The van der Waals surface area contributed by atoms with E-state index in [1.54, 1.807) is 10.9 Å². The minimum absolute atomic E-state index is 0.00964. The van der Waals surface area contributed by atoms with Gasteiger partial charge in [-0.05, 0) is 44.6 Å². The minimum atomic E-state index is -0.00964. The Labute approximate surface area is 159 Å². The highest BCUT2D eigenvalue weighted by Crippen LogP contribution is 2.30. The zero-order valence-electron chi connectivity index (χ0n) is 16.1. The first-order valence-corrected chi connectivity index (χ1v) is 10.7. The lowest BCUT2D eigenvalue weighted by Crippen LogP contribution is -2.43. The van der Waals surface area contributed by atoms with E-state index in [2.05, 4.69) is 18.8 Å². The van der Waals surface area contributed by atoms with Gasteiger partial charge in [0.05, 0.1) is 16.6 Å². The van der Waals surface area contributed by atoms with Gasteiger partial charge in [-0.3, -0.25) is 14.2 Å². The molecule has 1 unspecified atom stereocenters. The van der Waals surface area contributed by atoms with Crippen LogP contribution in [0.25, 0.3) is 10.2 Å². The molecule has 6 heteroatoms. The number of aryl methyl sites for hydroxylation is 2. The van der Waals surface area contributed by atoms with E-state index in [1.807, 2.05) is 11.8 Å². The summed E-state index contributed by atoms with van der Waals surface area (Å²) in [6.45, 7) is 7.70. The fourth-order valence-corrected chi connectivity index (χ4v) is 4.97. The Hall–Kier alpha value is -1.69. The molecule has 1 amide bonds. The van der Waals surface area contributed by atoms with Gasteiger partial charge in [-0.25, -0.2) is 4.98 Å². The summed E-state index contributed by atoms with van der Waals surface area (Å²) >= 11 is 1.37. The van der Waals surface area contributed by atoms with Gasteiger partial charge in [-0.1, -0.05) is 26.7 Å². The van der Waals surface area contributed by atoms with Gasteiger partial charge in [0.2, 0.25) is 0 Å². The number of piperidine rings is 1. The molecule has 142 valence electrons. The van der Waals surface area contributed by atoms with Crippen molar-refractivity contribution in [3.05, 3.63) is 27.1 Å². The molecule has 0 bridgehead atoms. The lowest BCUT2D eigenvalue weighted by atomic mass is 9.99. The summed E-state index contributed by atoms with van der Waals surface area (Å²) < 4.78 is 1.70. The highest BCUT2D eigenvalue weighted by atomic mass is 32.1. The molecule has 0 N–H and O–H groups in total. The zero-order chi connectivity index (χ0) is 18.7. The number of likely N-dealkylation sites (tertiary alicyclic amines) is 1. The standard InChI is InChI=1S/C20H29N3O2S/c1-4-6-8-11-22-13-21-18-16(19(22)24)14(3)17(26-18)20(25)23-12-9-7-10-15(23)5-2/h13,15H,4-12H2,1-3H3. The average Bonchev–Trinajstić information content (AvgIpc) is 3.00. The van der Waals surface area contributed by atoms with E-state index in [4.69, 9.17) is 0 Å². The molecular weight excluding hydrogens is 346 g/mol. The van der Waals surface area contributed by atoms with E-state index in [-0.39, 0.29) is 11.5 Å². The van der Waals surface area contributed by atoms with Crippen molar-refractivity contribution < 1.29 is 4.79 Å². The van der Waals surface area contributed by atoms with Crippen LogP contribution in [0, 0.1) is 6.92 Å². The van der Waals surface area contributed by atoms with Gasteiger partial charge in [0.1, 0.15) is 4.83 Å². The first-order chi connectivity index (χ1) is 12.6. The second-order valence-electron chi connectivity index (χ2n) is 7.24. The van der Waals surface area contributed by atoms with Crippen molar-refractivity contribution in [3.8, 4) is 0 Å². The number of unbranched alkanes of at least 4 members (excludes halogenated alkanes) is 2. The Kier molecular flexibility index (Phi) is 6.12. The number of thiophene rings is 1. The molecule has 2 aromatic rings. The van der Waals surface area contributed by atoms with Crippen LogP contribution in [-0.4, -0.2) is 32.9 Å². The molecule has 1 aliphatic rings. The molecule has 0 radical (unpaired) electrons. The number of amides is 1. The van der Waals surface area contributed by atoms with E-state index in [0.717, 1.165) is 50.6 Å². The van der Waals surface area contributed by atoms with Gasteiger partial charge in [0.25, 0.3) is 11.5 Å². The van der Waals surface area contributed by atoms with Crippen LogP contribution >= 0.6 is 11.3 Å². The van der Waals surface area contributed by atoms with Crippen molar-refractivity contribution in [3.63, 3.8) is 0 Å². The lowest BCUT2D eigenvalue weighted by molar-refractivity contribution is 0.0612. The normalized spacial score (nSPS) is 17.8. The van der Waals surface area contributed by atoms with Crippen LogP contribution in [-0.2, 0) is 6.54 Å². The van der Waals surface area contributed by atoms with Crippen LogP contribution in [0.5, 0.6) is 0 Å². The van der Waals surface area contributed by atoms with Crippen LogP contribution in [0.3, 0.4) is 0 Å². The van der Waals surface area contributed by atoms with Gasteiger partial charge < -0.3 is 4.90 Å². The van der Waals surface area contributed by atoms with E-state index in [0.29, 0.717) is 27.7 Å². The maximum absolute atomic E-state index is 13.2. The Morgan fingerprint density at radius 1 is 1.31 bits per heavy atom. The Bertz CT molecular complexity index is 839. The van der Waals surface area contributed by atoms with Crippen LogP contribution in [0.15, 0.2) is 11.1 Å². The van der Waals surface area contributed by atoms with Crippen molar-refractivity contribution in [2.24, 2.45) is 0 Å². The quantitative estimate of drug-likeness (QED) is 0.705. The van der Waals surface area contributed by atoms with E-state index in [1.165, 1.54) is 17.8 Å².